The summed E-state index contributed by atoms with van der Waals surface area (Å²) in [6.45, 7) is 15.1. The molecule has 2 amide bonds. The maximum absolute atomic E-state index is 13.5. The van der Waals surface area contributed by atoms with Gasteiger partial charge < -0.3 is 25.0 Å². The van der Waals surface area contributed by atoms with E-state index in [0.29, 0.717) is 30.4 Å². The number of aliphatic imine (C=N–C) groups is 1. The largest absolute Gasteiger partial charge is 0.477 e. The van der Waals surface area contributed by atoms with E-state index in [-0.39, 0.29) is 29.7 Å². The van der Waals surface area contributed by atoms with Gasteiger partial charge in [0.25, 0.3) is 6.10 Å². The van der Waals surface area contributed by atoms with E-state index in [0.717, 1.165) is 55.6 Å². The van der Waals surface area contributed by atoms with Crippen molar-refractivity contribution in [1.82, 2.24) is 24.9 Å². The number of hydrogen-bond acceptors (Lipinski definition) is 8. The number of carbonyl (C=O) groups is 1. The molecule has 3 atom stereocenters. The number of ether oxygens (including phenoxy) is 2. The summed E-state index contributed by atoms with van der Waals surface area (Å²) in [5.41, 5.74) is 1.44. The summed E-state index contributed by atoms with van der Waals surface area (Å²) in [7, 11) is 2.18. The summed E-state index contributed by atoms with van der Waals surface area (Å²) in [6.07, 6.45) is 14.9. The molecule has 0 saturated carbocycles. The van der Waals surface area contributed by atoms with Gasteiger partial charge in [-0.25, -0.2) is 9.48 Å². The summed E-state index contributed by atoms with van der Waals surface area (Å²) < 4.78 is 13.0. The van der Waals surface area contributed by atoms with Gasteiger partial charge >= 0.3 is 6.03 Å². The minimum absolute atomic E-state index is 0.0428. The first kappa shape index (κ1) is 34.7. The van der Waals surface area contributed by atoms with Crippen LogP contribution in [0, 0.1) is 0 Å². The Labute approximate surface area is 283 Å². The van der Waals surface area contributed by atoms with Crippen LogP contribution >= 0.6 is 11.8 Å². The van der Waals surface area contributed by atoms with Crippen molar-refractivity contribution in [3.05, 3.63) is 66.5 Å². The number of aromatic nitrogens is 2. The number of nitrogens with zero attached hydrogens (tertiary/aromatic N) is 5. The lowest BCUT2D eigenvalue weighted by Gasteiger charge is -2.31. The third kappa shape index (κ3) is 9.28. The molecular weight excluding hydrogens is 613 g/mol. The Morgan fingerprint density at radius 1 is 1.19 bits per heavy atom. The number of piperazine rings is 1. The van der Waals surface area contributed by atoms with Gasteiger partial charge in [0.05, 0.1) is 17.4 Å². The third-order valence-corrected chi connectivity index (χ3v) is 9.27. The molecule has 1 saturated heterocycles. The molecule has 0 spiro atoms. The van der Waals surface area contributed by atoms with Crippen LogP contribution < -0.4 is 20.7 Å². The number of amidine groups is 1. The minimum Gasteiger partial charge on any atom is -0.477 e. The number of anilines is 2. The number of nitrogens with one attached hydrogen (secondary N) is 3. The zero-order chi connectivity index (χ0) is 33.4. The fraction of sp³-hybridized carbons (Fsp3) is 0.514. The van der Waals surface area contributed by atoms with E-state index in [1.165, 1.54) is 0 Å². The van der Waals surface area contributed by atoms with Gasteiger partial charge in [0, 0.05) is 55.3 Å². The third-order valence-electron chi connectivity index (χ3n) is 8.49. The summed E-state index contributed by atoms with van der Waals surface area (Å²) in [5, 5.41) is 14.3. The average molecular weight is 664 g/mol. The number of thioether (sulfide) groups is 1. The molecule has 3 aliphatic heterocycles. The Morgan fingerprint density at radius 2 is 2.00 bits per heavy atom. The van der Waals surface area contributed by atoms with Crippen molar-refractivity contribution >= 4 is 35.1 Å². The van der Waals surface area contributed by atoms with Crippen LogP contribution in [0.2, 0.25) is 0 Å². The lowest BCUT2D eigenvalue weighted by atomic mass is 9.92. The van der Waals surface area contributed by atoms with E-state index >= 15 is 0 Å². The van der Waals surface area contributed by atoms with Gasteiger partial charge in [0.1, 0.15) is 18.1 Å². The van der Waals surface area contributed by atoms with Gasteiger partial charge in [0.15, 0.2) is 18.5 Å². The number of likely N-dealkylation sites (N-methyl/N-ethyl adjacent to an activating group) is 1. The number of fused-ring (bicyclic) bond motifs is 1. The van der Waals surface area contributed by atoms with Gasteiger partial charge in [-0.1, -0.05) is 45.1 Å². The Morgan fingerprint density at radius 3 is 2.74 bits per heavy atom. The molecule has 47 heavy (non-hydrogen) atoms. The molecule has 0 aliphatic carbocycles. The van der Waals surface area contributed by atoms with E-state index in [1.54, 1.807) is 11.8 Å². The predicted octanol–water partition coefficient (Wildman–Crippen LogP) is 5.03. The maximum Gasteiger partial charge on any atom is 0.324 e. The highest BCUT2D eigenvalue weighted by molar-refractivity contribution is 7.98. The van der Waals surface area contributed by atoms with Crippen LogP contribution in [0.1, 0.15) is 45.9 Å². The predicted molar refractivity (Wildman–Crippen MR) is 193 cm³/mol. The van der Waals surface area contributed by atoms with Crippen molar-refractivity contribution in [1.29, 1.82) is 0 Å². The second kappa shape index (κ2) is 16.0. The van der Waals surface area contributed by atoms with Crippen molar-refractivity contribution in [3.8, 4) is 5.75 Å². The lowest BCUT2D eigenvalue weighted by molar-refractivity contribution is -0.106. The standard InChI is InChI=1S/C35H50N8O3S/c1-7-10-25(11-8-9-17-42-20-18-41(5)19-21-42)43-31(24-30(40-43)35(2,3)4)39-34(44)38-27-13-12-26(23-29(27)47-6)46-28-14-15-36-33-32(28)45-22-16-37-33/h7-10,12-15,23-25,28,32H,11,16-22H2,1-6H3,(H,36,37)(H2,38,39,44)/p+1/b9-8+,10-7-/t25?,28-,32?/m0/s1. The van der Waals surface area contributed by atoms with Crippen molar-refractivity contribution in [3.63, 3.8) is 0 Å². The molecule has 1 fully saturated rings. The van der Waals surface area contributed by atoms with Gasteiger partial charge in [0.2, 0.25) is 0 Å². The molecule has 254 valence electrons. The van der Waals surface area contributed by atoms with Crippen LogP contribution in [0.15, 0.2) is 70.7 Å². The number of benzene rings is 1. The molecule has 1 aromatic carbocycles. The van der Waals surface area contributed by atoms with Crippen LogP contribution in [0.5, 0.6) is 5.75 Å². The number of amides is 2. The molecule has 4 heterocycles. The zero-order valence-corrected chi connectivity index (χ0v) is 29.4. The molecule has 0 bridgehead atoms. The number of rotatable bonds is 11. The number of carbonyl (C=O) groups excluding carboxylic acids is 1. The highest BCUT2D eigenvalue weighted by Crippen LogP contribution is 2.32. The minimum atomic E-state index is -0.330. The Balaban J connectivity index is 1.27. The Hall–Kier alpha value is -3.58. The van der Waals surface area contributed by atoms with Crippen LogP contribution in [0.4, 0.5) is 16.3 Å². The summed E-state index contributed by atoms with van der Waals surface area (Å²) >= 11 is 1.55. The maximum atomic E-state index is 13.5. The first-order valence-corrected chi connectivity index (χ1v) is 17.7. The second-order valence-corrected chi connectivity index (χ2v) is 14.0. The average Bonchev–Trinajstić information content (AvgIpc) is 3.48. The normalized spacial score (nSPS) is 21.4. The highest BCUT2D eigenvalue weighted by atomic mass is 32.2. The van der Waals surface area contributed by atoms with Crippen molar-refractivity contribution in [2.45, 2.75) is 62.7 Å². The van der Waals surface area contributed by atoms with Gasteiger partial charge in [-0.05, 0) is 50.9 Å². The summed E-state index contributed by atoms with van der Waals surface area (Å²) in [6, 6.07) is 7.32. The molecule has 2 aromatic rings. The fourth-order valence-electron chi connectivity index (χ4n) is 5.73. The Bertz CT molecular complexity index is 1490. The van der Waals surface area contributed by atoms with E-state index < -0.39 is 0 Å². The molecule has 11 nitrogen and oxygen atoms in total. The zero-order valence-electron chi connectivity index (χ0n) is 28.6. The van der Waals surface area contributed by atoms with E-state index in [2.05, 4.69) is 76.8 Å². The first-order chi connectivity index (χ1) is 22.6. The molecule has 4 N–H and O–H groups in total. The topological polar surface area (TPSA) is 112 Å². The summed E-state index contributed by atoms with van der Waals surface area (Å²) in [4.78, 5) is 23.8. The van der Waals surface area contributed by atoms with Crippen molar-refractivity contribution < 1.29 is 14.3 Å². The van der Waals surface area contributed by atoms with Gasteiger partial charge in [-0.2, -0.15) is 5.10 Å². The van der Waals surface area contributed by atoms with E-state index in [1.807, 2.05) is 60.5 Å². The van der Waals surface area contributed by atoms with Gasteiger partial charge in [-0.3, -0.25) is 15.2 Å². The second-order valence-electron chi connectivity index (χ2n) is 13.2. The molecule has 3 aliphatic rings. The van der Waals surface area contributed by atoms with Crippen LogP contribution in [0.3, 0.4) is 0 Å². The van der Waals surface area contributed by atoms with Crippen LogP contribution in [-0.2, 0) is 5.41 Å². The molecule has 0 radical (unpaired) electrons. The smallest absolute Gasteiger partial charge is 0.324 e. The van der Waals surface area contributed by atoms with Gasteiger partial charge in [-0.15, -0.1) is 11.8 Å². The lowest BCUT2D eigenvalue weighted by Crippen LogP contribution is -2.51. The molecule has 1 aromatic heterocycles. The number of hydrogen-bond donors (Lipinski definition) is 3. The van der Waals surface area contributed by atoms with Crippen LogP contribution in [0.25, 0.3) is 0 Å². The van der Waals surface area contributed by atoms with E-state index in [9.17, 15) is 4.79 Å². The fourth-order valence-corrected chi connectivity index (χ4v) is 6.30. The number of urea groups is 1. The summed E-state index contributed by atoms with van der Waals surface area (Å²) in [5.74, 6) is 2.20. The SMILES string of the molecule is C/C=C\C(C/C=C/CN1CCN(C)CC1)n1nc(C(C)(C)C)cc1NC(=O)Nc1ccc(O[C@H]2C=CNC3=NCC[OH+]C32)cc1SC. The molecule has 2 unspecified atom stereocenters. The molecule has 5 rings (SSSR count). The van der Waals surface area contributed by atoms with E-state index in [4.69, 9.17) is 14.6 Å². The molecule has 12 heteroatoms. The number of aliphatic hydroxyl groups is 2. The quantitative estimate of drug-likeness (QED) is 0.176. The first-order valence-electron chi connectivity index (χ1n) is 16.5. The van der Waals surface area contributed by atoms with Crippen molar-refractivity contribution in [2.24, 2.45) is 4.99 Å². The molecular formula is C35H51N8O3S+. The monoisotopic (exact) mass is 663 g/mol. The number of allylic oxidation sites excluding steroid dienone is 3. The Kier molecular flexibility index (Phi) is 11.8. The van der Waals surface area contributed by atoms with Crippen molar-refractivity contribution in [2.75, 3.05) is 69.8 Å². The highest BCUT2D eigenvalue weighted by Gasteiger charge is 2.36. The van der Waals surface area contributed by atoms with Crippen LogP contribution in [-0.4, -0.2) is 108 Å².